The van der Waals surface area contributed by atoms with Gasteiger partial charge in [-0.2, -0.15) is 0 Å². The Morgan fingerprint density at radius 2 is 1.88 bits per heavy atom. The van der Waals surface area contributed by atoms with Crippen molar-refractivity contribution in [2.24, 2.45) is 4.99 Å². The number of ether oxygens (including phenoxy) is 2. The molecule has 1 amide bonds. The molecule has 0 radical (unpaired) electrons. The molecule has 0 aliphatic heterocycles. The molecule has 0 aromatic heterocycles. The molecule has 24 heavy (non-hydrogen) atoms. The maximum Gasteiger partial charge on any atom is 0.410 e. The topological polar surface area (TPSA) is 75.2 Å². The highest BCUT2D eigenvalue weighted by atomic mass is 16.6. The van der Waals surface area contributed by atoms with Crippen LogP contribution in [-0.4, -0.2) is 68.5 Å². The van der Waals surface area contributed by atoms with Gasteiger partial charge in [0.1, 0.15) is 5.60 Å². The van der Waals surface area contributed by atoms with Gasteiger partial charge in [0.05, 0.1) is 0 Å². The fourth-order valence-corrected chi connectivity index (χ4v) is 1.86. The highest BCUT2D eigenvalue weighted by Crippen LogP contribution is 2.09. The first-order chi connectivity index (χ1) is 11.3. The minimum atomic E-state index is -0.477. The van der Waals surface area contributed by atoms with Crippen LogP contribution in [0, 0.1) is 0 Å². The van der Waals surface area contributed by atoms with Gasteiger partial charge in [-0.05, 0) is 48.0 Å². The van der Waals surface area contributed by atoms with E-state index in [-0.39, 0.29) is 6.09 Å². The molecule has 7 heteroatoms. The average molecular weight is 345 g/mol. The van der Waals surface area contributed by atoms with Crippen molar-refractivity contribution in [1.29, 1.82) is 0 Å². The Morgan fingerprint density at radius 1 is 1.17 bits per heavy atom. The smallest absolute Gasteiger partial charge is 0.410 e. The molecule has 0 rings (SSSR count). The fourth-order valence-electron chi connectivity index (χ4n) is 1.86. The first-order valence-electron chi connectivity index (χ1n) is 8.91. The van der Waals surface area contributed by atoms with Crippen LogP contribution in [0.25, 0.3) is 0 Å². The number of aliphatic imine (C=N–C) groups is 1. The molecule has 0 unspecified atom stereocenters. The molecular formula is C17H36N4O3. The predicted octanol–water partition coefficient (Wildman–Crippen LogP) is 2.23. The summed E-state index contributed by atoms with van der Waals surface area (Å²) in [5.74, 6) is 0.759. The zero-order valence-electron chi connectivity index (χ0n) is 16.3. The van der Waals surface area contributed by atoms with E-state index in [9.17, 15) is 4.79 Å². The molecule has 0 aromatic carbocycles. The predicted molar refractivity (Wildman–Crippen MR) is 98.6 cm³/mol. The lowest BCUT2D eigenvalue weighted by molar-refractivity contribution is 0.0264. The summed E-state index contributed by atoms with van der Waals surface area (Å²) in [5.41, 5.74) is -0.477. The van der Waals surface area contributed by atoms with Crippen molar-refractivity contribution in [2.75, 3.05) is 45.9 Å². The number of carbonyl (C=O) groups is 1. The molecule has 142 valence electrons. The Kier molecular flexibility index (Phi) is 12.1. The van der Waals surface area contributed by atoms with E-state index in [1.165, 1.54) is 0 Å². The molecular weight excluding hydrogens is 308 g/mol. The molecule has 0 aromatic rings. The lowest BCUT2D eigenvalue weighted by Crippen LogP contribution is -2.44. The summed E-state index contributed by atoms with van der Waals surface area (Å²) in [6, 6.07) is 0. The van der Waals surface area contributed by atoms with E-state index < -0.39 is 5.60 Å². The first kappa shape index (κ1) is 22.5. The Balaban J connectivity index is 4.27. The number of hydrogen-bond acceptors (Lipinski definition) is 4. The third-order valence-corrected chi connectivity index (χ3v) is 2.97. The number of amides is 1. The molecule has 2 N–H and O–H groups in total. The van der Waals surface area contributed by atoms with E-state index in [0.29, 0.717) is 26.2 Å². The molecule has 0 bridgehead atoms. The van der Waals surface area contributed by atoms with E-state index in [1.54, 1.807) is 4.90 Å². The van der Waals surface area contributed by atoms with E-state index in [1.807, 2.05) is 41.5 Å². The Morgan fingerprint density at radius 3 is 2.42 bits per heavy atom. The number of nitrogens with zero attached hydrogens (tertiary/aromatic N) is 2. The largest absolute Gasteiger partial charge is 0.444 e. The zero-order valence-corrected chi connectivity index (χ0v) is 16.3. The second-order valence-corrected chi connectivity index (χ2v) is 6.30. The number of guanidine groups is 1. The second kappa shape index (κ2) is 12.9. The summed E-state index contributed by atoms with van der Waals surface area (Å²) in [7, 11) is 0. The quantitative estimate of drug-likeness (QED) is 0.361. The highest BCUT2D eigenvalue weighted by Gasteiger charge is 2.20. The summed E-state index contributed by atoms with van der Waals surface area (Å²) in [5, 5.41) is 6.44. The Labute approximate surface area is 147 Å². The van der Waals surface area contributed by atoms with Crippen molar-refractivity contribution in [3.05, 3.63) is 0 Å². The van der Waals surface area contributed by atoms with Crippen molar-refractivity contribution >= 4 is 12.1 Å². The van der Waals surface area contributed by atoms with Gasteiger partial charge < -0.3 is 25.0 Å². The van der Waals surface area contributed by atoms with Gasteiger partial charge in [-0.1, -0.05) is 0 Å². The normalized spacial score (nSPS) is 12.0. The third-order valence-electron chi connectivity index (χ3n) is 2.97. The summed E-state index contributed by atoms with van der Waals surface area (Å²) >= 11 is 0. The number of carbonyl (C=O) groups excluding carboxylic acids is 1. The number of nitrogens with one attached hydrogen (secondary N) is 2. The SMILES string of the molecule is CCNC(=NCCCOCC)NCCN(CC)C(=O)OC(C)(C)C. The van der Waals surface area contributed by atoms with Crippen LogP contribution in [0.4, 0.5) is 4.79 Å². The van der Waals surface area contributed by atoms with Gasteiger partial charge in [0.25, 0.3) is 0 Å². The van der Waals surface area contributed by atoms with Gasteiger partial charge in [-0.15, -0.1) is 0 Å². The van der Waals surface area contributed by atoms with Gasteiger partial charge in [-0.3, -0.25) is 4.99 Å². The van der Waals surface area contributed by atoms with E-state index >= 15 is 0 Å². The van der Waals surface area contributed by atoms with Crippen molar-refractivity contribution in [2.45, 2.75) is 53.6 Å². The van der Waals surface area contributed by atoms with Gasteiger partial charge in [0.15, 0.2) is 5.96 Å². The van der Waals surface area contributed by atoms with Crippen LogP contribution in [0.5, 0.6) is 0 Å². The summed E-state index contributed by atoms with van der Waals surface area (Å²) in [6.45, 7) is 16.3. The lowest BCUT2D eigenvalue weighted by atomic mass is 10.2. The van der Waals surface area contributed by atoms with Crippen molar-refractivity contribution < 1.29 is 14.3 Å². The molecule has 0 saturated heterocycles. The van der Waals surface area contributed by atoms with Crippen LogP contribution < -0.4 is 10.6 Å². The lowest BCUT2D eigenvalue weighted by Gasteiger charge is -2.26. The maximum absolute atomic E-state index is 12.1. The number of hydrogen-bond donors (Lipinski definition) is 2. The maximum atomic E-state index is 12.1. The van der Waals surface area contributed by atoms with Gasteiger partial charge in [0, 0.05) is 45.9 Å². The molecule has 0 aliphatic rings. The van der Waals surface area contributed by atoms with E-state index in [4.69, 9.17) is 9.47 Å². The van der Waals surface area contributed by atoms with E-state index in [2.05, 4.69) is 15.6 Å². The minimum Gasteiger partial charge on any atom is -0.444 e. The van der Waals surface area contributed by atoms with Gasteiger partial charge in [-0.25, -0.2) is 4.79 Å². The average Bonchev–Trinajstić information content (AvgIpc) is 2.49. The molecule has 0 saturated carbocycles. The highest BCUT2D eigenvalue weighted by molar-refractivity contribution is 5.79. The first-order valence-corrected chi connectivity index (χ1v) is 8.91. The standard InChI is InChI=1S/C17H36N4O3/c1-7-18-15(19-11-10-14-23-9-3)20-12-13-21(8-2)16(22)24-17(4,5)6/h7-14H2,1-6H3,(H2,18,19,20). The minimum absolute atomic E-state index is 0.287. The number of rotatable bonds is 10. The van der Waals surface area contributed by atoms with Crippen LogP contribution in [0.15, 0.2) is 4.99 Å². The summed E-state index contributed by atoms with van der Waals surface area (Å²) in [6.07, 6.45) is 0.606. The molecule has 0 spiro atoms. The molecule has 0 atom stereocenters. The Bertz CT molecular complexity index is 367. The van der Waals surface area contributed by atoms with Gasteiger partial charge >= 0.3 is 6.09 Å². The fraction of sp³-hybridized carbons (Fsp3) is 0.882. The van der Waals surface area contributed by atoms with Crippen LogP contribution in [0.2, 0.25) is 0 Å². The summed E-state index contributed by atoms with van der Waals surface area (Å²) < 4.78 is 10.7. The van der Waals surface area contributed by atoms with Gasteiger partial charge in [0.2, 0.25) is 0 Å². The van der Waals surface area contributed by atoms with E-state index in [0.717, 1.165) is 32.1 Å². The summed E-state index contributed by atoms with van der Waals surface area (Å²) in [4.78, 5) is 18.2. The molecule has 7 nitrogen and oxygen atoms in total. The number of likely N-dealkylation sites (N-methyl/N-ethyl adjacent to an activating group) is 1. The third kappa shape index (κ3) is 12.0. The molecule has 0 aliphatic carbocycles. The molecule has 0 fully saturated rings. The zero-order chi connectivity index (χ0) is 18.4. The second-order valence-electron chi connectivity index (χ2n) is 6.30. The van der Waals surface area contributed by atoms with Crippen molar-refractivity contribution in [1.82, 2.24) is 15.5 Å². The molecule has 0 heterocycles. The van der Waals surface area contributed by atoms with Crippen molar-refractivity contribution in [3.63, 3.8) is 0 Å². The van der Waals surface area contributed by atoms with Crippen LogP contribution in [0.3, 0.4) is 0 Å². The van der Waals surface area contributed by atoms with Crippen LogP contribution in [-0.2, 0) is 9.47 Å². The van der Waals surface area contributed by atoms with Crippen LogP contribution in [0.1, 0.15) is 48.0 Å². The van der Waals surface area contributed by atoms with Crippen LogP contribution >= 0.6 is 0 Å². The Hall–Kier alpha value is -1.50. The monoisotopic (exact) mass is 344 g/mol. The van der Waals surface area contributed by atoms with Crippen molar-refractivity contribution in [3.8, 4) is 0 Å².